The van der Waals surface area contributed by atoms with Gasteiger partial charge < -0.3 is 19.5 Å². The van der Waals surface area contributed by atoms with Crippen LogP contribution in [0.15, 0.2) is 24.3 Å². The molecule has 1 aromatic carbocycles. The van der Waals surface area contributed by atoms with Crippen LogP contribution in [0, 0.1) is 0 Å². The molecule has 1 heterocycles. The zero-order valence-corrected chi connectivity index (χ0v) is 11.6. The minimum Gasteiger partial charge on any atom is -0.488 e. The van der Waals surface area contributed by atoms with Crippen molar-refractivity contribution in [3.8, 4) is 5.75 Å². The summed E-state index contributed by atoms with van der Waals surface area (Å²) in [5.74, 6) is 0.927. The number of ether oxygens (including phenoxy) is 3. The zero-order valence-electron chi connectivity index (χ0n) is 11.6. The smallest absolute Gasteiger partial charge is 0.122 e. The molecular formula is C15H23NO3. The van der Waals surface area contributed by atoms with Gasteiger partial charge in [0, 0.05) is 26.8 Å². The van der Waals surface area contributed by atoms with Gasteiger partial charge in [0.15, 0.2) is 0 Å². The highest BCUT2D eigenvalue weighted by Crippen LogP contribution is 2.17. The third-order valence-electron chi connectivity index (χ3n) is 3.16. The molecule has 2 rings (SSSR count). The molecule has 1 unspecified atom stereocenters. The third kappa shape index (κ3) is 5.19. The number of nitrogens with one attached hydrogen (secondary N) is 1. The molecule has 0 aromatic heterocycles. The van der Waals surface area contributed by atoms with Crippen molar-refractivity contribution in [1.29, 1.82) is 0 Å². The van der Waals surface area contributed by atoms with Gasteiger partial charge in [-0.05, 0) is 30.5 Å². The Kier molecular flexibility index (Phi) is 6.14. The van der Waals surface area contributed by atoms with E-state index < -0.39 is 0 Å². The molecule has 0 aliphatic carbocycles. The van der Waals surface area contributed by atoms with Crippen LogP contribution in [-0.2, 0) is 16.0 Å². The number of hydrogen-bond acceptors (Lipinski definition) is 4. The second-order valence-corrected chi connectivity index (χ2v) is 4.77. The molecule has 4 heteroatoms. The van der Waals surface area contributed by atoms with Gasteiger partial charge in [0.25, 0.3) is 0 Å². The van der Waals surface area contributed by atoms with Crippen molar-refractivity contribution in [3.05, 3.63) is 29.8 Å². The van der Waals surface area contributed by atoms with Gasteiger partial charge >= 0.3 is 0 Å². The topological polar surface area (TPSA) is 39.7 Å². The number of benzene rings is 1. The maximum atomic E-state index is 5.89. The van der Waals surface area contributed by atoms with E-state index in [2.05, 4.69) is 17.4 Å². The summed E-state index contributed by atoms with van der Waals surface area (Å²) in [6, 6.07) is 8.25. The third-order valence-corrected chi connectivity index (χ3v) is 3.16. The van der Waals surface area contributed by atoms with E-state index in [4.69, 9.17) is 14.2 Å². The van der Waals surface area contributed by atoms with Crippen molar-refractivity contribution in [3.63, 3.8) is 0 Å². The van der Waals surface area contributed by atoms with Crippen LogP contribution in [0.4, 0.5) is 0 Å². The van der Waals surface area contributed by atoms with E-state index in [9.17, 15) is 0 Å². The highest BCUT2D eigenvalue weighted by molar-refractivity contribution is 5.27. The predicted octanol–water partition coefficient (Wildman–Crippen LogP) is 1.98. The highest BCUT2D eigenvalue weighted by Gasteiger charge is 2.14. The lowest BCUT2D eigenvalue weighted by Gasteiger charge is -2.23. The largest absolute Gasteiger partial charge is 0.488 e. The Labute approximate surface area is 115 Å². The van der Waals surface area contributed by atoms with Crippen LogP contribution < -0.4 is 10.1 Å². The summed E-state index contributed by atoms with van der Waals surface area (Å²) < 4.78 is 16.3. The van der Waals surface area contributed by atoms with Gasteiger partial charge in [0.05, 0.1) is 13.2 Å². The first kappa shape index (κ1) is 14.3. The molecule has 1 aromatic rings. The average Bonchev–Trinajstić information content (AvgIpc) is 2.46. The average molecular weight is 265 g/mol. The molecule has 0 amide bonds. The molecule has 1 N–H and O–H groups in total. The molecule has 0 spiro atoms. The maximum absolute atomic E-state index is 5.89. The molecule has 1 aliphatic heterocycles. The number of methoxy groups -OCH3 is 1. The van der Waals surface area contributed by atoms with E-state index >= 15 is 0 Å². The Bertz CT molecular complexity index is 347. The fourth-order valence-corrected chi connectivity index (χ4v) is 2.09. The van der Waals surface area contributed by atoms with Crippen LogP contribution in [0.25, 0.3) is 0 Å². The lowest BCUT2D eigenvalue weighted by molar-refractivity contribution is 0.00742. The Morgan fingerprint density at radius 3 is 2.84 bits per heavy atom. The first-order chi connectivity index (χ1) is 9.38. The molecule has 1 fully saturated rings. The molecule has 0 radical (unpaired) electrons. The van der Waals surface area contributed by atoms with E-state index in [1.807, 2.05) is 12.1 Å². The van der Waals surface area contributed by atoms with Crippen molar-refractivity contribution in [1.82, 2.24) is 5.32 Å². The van der Waals surface area contributed by atoms with Crippen molar-refractivity contribution in [2.45, 2.75) is 25.5 Å². The summed E-state index contributed by atoms with van der Waals surface area (Å²) in [6.45, 7) is 4.04. The summed E-state index contributed by atoms with van der Waals surface area (Å²) >= 11 is 0. The second kappa shape index (κ2) is 8.15. The summed E-state index contributed by atoms with van der Waals surface area (Å²) in [5, 5.41) is 3.32. The van der Waals surface area contributed by atoms with Gasteiger partial charge in [-0.1, -0.05) is 12.1 Å². The van der Waals surface area contributed by atoms with Crippen LogP contribution in [0.5, 0.6) is 5.75 Å². The lowest BCUT2D eigenvalue weighted by atomic mass is 10.1. The maximum Gasteiger partial charge on any atom is 0.122 e. The van der Waals surface area contributed by atoms with E-state index in [0.29, 0.717) is 6.61 Å². The van der Waals surface area contributed by atoms with Gasteiger partial charge in [-0.25, -0.2) is 0 Å². The molecule has 19 heavy (non-hydrogen) atoms. The Morgan fingerprint density at radius 1 is 1.32 bits per heavy atom. The fourth-order valence-electron chi connectivity index (χ4n) is 2.09. The molecule has 106 valence electrons. The molecule has 1 aliphatic rings. The standard InChI is InChI=1S/C15H23NO3/c1-17-10-8-16-11-13-4-6-14(7-5-13)19-15-3-2-9-18-12-15/h4-7,15-16H,2-3,8-12H2,1H3. The van der Waals surface area contributed by atoms with Crippen LogP contribution >= 0.6 is 0 Å². The van der Waals surface area contributed by atoms with E-state index in [-0.39, 0.29) is 6.10 Å². The van der Waals surface area contributed by atoms with Crippen LogP contribution in [0.3, 0.4) is 0 Å². The SMILES string of the molecule is COCCNCc1ccc(OC2CCCOC2)cc1. The summed E-state index contributed by atoms with van der Waals surface area (Å²) in [5.41, 5.74) is 1.25. The second-order valence-electron chi connectivity index (χ2n) is 4.77. The van der Waals surface area contributed by atoms with Crippen molar-refractivity contribution >= 4 is 0 Å². The van der Waals surface area contributed by atoms with Crippen molar-refractivity contribution in [2.75, 3.05) is 33.5 Å². The first-order valence-electron chi connectivity index (χ1n) is 6.91. The van der Waals surface area contributed by atoms with Crippen molar-refractivity contribution < 1.29 is 14.2 Å². The van der Waals surface area contributed by atoms with Gasteiger partial charge in [0.1, 0.15) is 11.9 Å². The monoisotopic (exact) mass is 265 g/mol. The summed E-state index contributed by atoms with van der Waals surface area (Å²) in [6.07, 6.45) is 2.38. The summed E-state index contributed by atoms with van der Waals surface area (Å²) in [7, 11) is 1.71. The van der Waals surface area contributed by atoms with Gasteiger partial charge in [-0.2, -0.15) is 0 Å². The predicted molar refractivity (Wildman–Crippen MR) is 74.5 cm³/mol. The molecule has 1 saturated heterocycles. The quantitative estimate of drug-likeness (QED) is 0.765. The Morgan fingerprint density at radius 2 is 2.16 bits per heavy atom. The van der Waals surface area contributed by atoms with Crippen LogP contribution in [0.1, 0.15) is 18.4 Å². The van der Waals surface area contributed by atoms with Crippen LogP contribution in [-0.4, -0.2) is 39.6 Å². The molecule has 0 saturated carbocycles. The van der Waals surface area contributed by atoms with Gasteiger partial charge in [-0.3, -0.25) is 0 Å². The van der Waals surface area contributed by atoms with Crippen LogP contribution in [0.2, 0.25) is 0 Å². The normalized spacial score (nSPS) is 19.3. The zero-order chi connectivity index (χ0) is 13.3. The summed E-state index contributed by atoms with van der Waals surface area (Å²) in [4.78, 5) is 0. The van der Waals surface area contributed by atoms with Crippen molar-refractivity contribution in [2.24, 2.45) is 0 Å². The minimum atomic E-state index is 0.208. The minimum absolute atomic E-state index is 0.208. The molecular weight excluding hydrogens is 242 g/mol. The van der Waals surface area contributed by atoms with Gasteiger partial charge in [0.2, 0.25) is 0 Å². The van der Waals surface area contributed by atoms with Gasteiger partial charge in [-0.15, -0.1) is 0 Å². The number of rotatable bonds is 7. The Hall–Kier alpha value is -1.10. The van der Waals surface area contributed by atoms with E-state index in [1.165, 1.54) is 5.56 Å². The molecule has 4 nitrogen and oxygen atoms in total. The van der Waals surface area contributed by atoms with E-state index in [0.717, 1.165) is 44.9 Å². The number of hydrogen-bond donors (Lipinski definition) is 1. The molecule has 0 bridgehead atoms. The fraction of sp³-hybridized carbons (Fsp3) is 0.600. The van der Waals surface area contributed by atoms with E-state index in [1.54, 1.807) is 7.11 Å². The first-order valence-corrected chi connectivity index (χ1v) is 6.91. The Balaban J connectivity index is 1.74. The lowest BCUT2D eigenvalue weighted by Crippen LogP contribution is -2.27. The molecule has 1 atom stereocenters. The highest BCUT2D eigenvalue weighted by atomic mass is 16.5.